The van der Waals surface area contributed by atoms with Crippen molar-refractivity contribution in [3.63, 3.8) is 0 Å². The molecule has 0 aromatic carbocycles. The minimum absolute atomic E-state index is 0.00204. The van der Waals surface area contributed by atoms with E-state index in [-0.39, 0.29) is 16.1 Å². The molecule has 1 aromatic rings. The summed E-state index contributed by atoms with van der Waals surface area (Å²) in [5.74, 6) is 0.559. The third-order valence-electron chi connectivity index (χ3n) is 4.87. The van der Waals surface area contributed by atoms with Gasteiger partial charge in [0, 0.05) is 31.4 Å². The molecule has 114 valence electrons. The fourth-order valence-corrected chi connectivity index (χ4v) is 3.79. The largest absolute Gasteiger partial charge is 0.343 e. The van der Waals surface area contributed by atoms with Crippen molar-refractivity contribution < 1.29 is 4.92 Å². The van der Waals surface area contributed by atoms with Crippen molar-refractivity contribution in [3.05, 3.63) is 27.9 Å². The topological polar surface area (TPSA) is 71.3 Å². The van der Waals surface area contributed by atoms with Crippen LogP contribution in [0.5, 0.6) is 0 Å². The molecule has 21 heavy (non-hydrogen) atoms. The maximum absolute atomic E-state index is 11.5. The Bertz CT molecular complexity index is 532. The molecule has 0 unspecified atom stereocenters. The lowest BCUT2D eigenvalue weighted by molar-refractivity contribution is -0.385. The summed E-state index contributed by atoms with van der Waals surface area (Å²) in [7, 11) is 0. The zero-order valence-corrected chi connectivity index (χ0v) is 12.5. The summed E-state index contributed by atoms with van der Waals surface area (Å²) in [6.07, 6.45) is 7.52. The Labute approximate surface area is 124 Å². The highest BCUT2D eigenvalue weighted by atomic mass is 16.6. The van der Waals surface area contributed by atoms with Crippen LogP contribution in [0.3, 0.4) is 0 Å². The van der Waals surface area contributed by atoms with E-state index in [1.54, 1.807) is 19.2 Å². The van der Waals surface area contributed by atoms with Crippen molar-refractivity contribution in [1.82, 2.24) is 10.3 Å². The zero-order chi connectivity index (χ0) is 14.9. The predicted octanol–water partition coefficient (Wildman–Crippen LogP) is 2.41. The molecule has 1 saturated heterocycles. The number of aromatic nitrogens is 1. The third-order valence-corrected chi connectivity index (χ3v) is 4.87. The van der Waals surface area contributed by atoms with Crippen molar-refractivity contribution in [3.8, 4) is 0 Å². The Kier molecular flexibility index (Phi) is 3.80. The molecule has 6 nitrogen and oxygen atoms in total. The van der Waals surface area contributed by atoms with Crippen LogP contribution in [0.25, 0.3) is 0 Å². The van der Waals surface area contributed by atoms with E-state index in [0.29, 0.717) is 11.4 Å². The van der Waals surface area contributed by atoms with Gasteiger partial charge in [0.15, 0.2) is 0 Å². The van der Waals surface area contributed by atoms with E-state index in [9.17, 15) is 10.1 Å². The fraction of sp³-hybridized carbons (Fsp3) is 0.667. The van der Waals surface area contributed by atoms with Gasteiger partial charge in [-0.25, -0.2) is 4.98 Å². The molecular weight excluding hydrogens is 268 g/mol. The molecule has 0 bridgehead atoms. The smallest absolute Gasteiger partial charge is 0.314 e. The Morgan fingerprint density at radius 3 is 2.86 bits per heavy atom. The van der Waals surface area contributed by atoms with Gasteiger partial charge in [-0.1, -0.05) is 19.3 Å². The Morgan fingerprint density at radius 2 is 2.14 bits per heavy atom. The Balaban J connectivity index is 2.05. The summed E-state index contributed by atoms with van der Waals surface area (Å²) in [6.45, 7) is 4.34. The van der Waals surface area contributed by atoms with E-state index < -0.39 is 0 Å². The van der Waals surface area contributed by atoms with E-state index in [0.717, 1.165) is 32.5 Å². The van der Waals surface area contributed by atoms with Gasteiger partial charge in [-0.15, -0.1) is 0 Å². The van der Waals surface area contributed by atoms with Gasteiger partial charge in [-0.3, -0.25) is 10.1 Å². The van der Waals surface area contributed by atoms with Crippen LogP contribution < -0.4 is 10.2 Å². The molecule has 2 heterocycles. The number of nitrogens with one attached hydrogen (secondary N) is 1. The van der Waals surface area contributed by atoms with Crippen LogP contribution in [0.15, 0.2) is 12.3 Å². The van der Waals surface area contributed by atoms with Crippen LogP contribution in [0, 0.1) is 17.0 Å². The van der Waals surface area contributed by atoms with Crippen LogP contribution in [0.1, 0.15) is 37.7 Å². The number of nitrogens with zero attached hydrogens (tertiary/aromatic N) is 3. The van der Waals surface area contributed by atoms with Gasteiger partial charge in [-0.05, 0) is 25.8 Å². The molecule has 6 heteroatoms. The van der Waals surface area contributed by atoms with Crippen molar-refractivity contribution in [2.45, 2.75) is 44.6 Å². The highest BCUT2D eigenvalue weighted by molar-refractivity contribution is 5.63. The number of hydrogen-bond donors (Lipinski definition) is 1. The number of rotatable bonds is 2. The molecule has 2 aliphatic rings. The van der Waals surface area contributed by atoms with Crippen LogP contribution in [-0.2, 0) is 0 Å². The normalized spacial score (nSPS) is 21.5. The first kappa shape index (κ1) is 14.3. The van der Waals surface area contributed by atoms with Crippen molar-refractivity contribution >= 4 is 11.5 Å². The first-order valence-corrected chi connectivity index (χ1v) is 7.72. The van der Waals surface area contributed by atoms with E-state index in [4.69, 9.17) is 0 Å². The van der Waals surface area contributed by atoms with Crippen molar-refractivity contribution in [1.29, 1.82) is 0 Å². The average Bonchev–Trinajstić information content (AvgIpc) is 2.48. The third kappa shape index (κ3) is 2.48. The molecule has 1 N–H and O–H groups in total. The van der Waals surface area contributed by atoms with Crippen LogP contribution in [-0.4, -0.2) is 35.1 Å². The second kappa shape index (κ2) is 5.60. The molecule has 1 aliphatic carbocycles. The van der Waals surface area contributed by atoms with Gasteiger partial charge in [0.2, 0.25) is 5.82 Å². The number of hydrogen-bond acceptors (Lipinski definition) is 5. The number of anilines is 1. The lowest BCUT2D eigenvalue weighted by atomic mass is 9.79. The molecule has 1 aromatic heterocycles. The van der Waals surface area contributed by atoms with Crippen LogP contribution in [0.2, 0.25) is 0 Å². The molecular formula is C15H22N4O2. The summed E-state index contributed by atoms with van der Waals surface area (Å²) < 4.78 is 0. The number of nitro groups is 1. The molecule has 0 amide bonds. The molecule has 1 saturated carbocycles. The molecule has 3 rings (SSSR count). The Hall–Kier alpha value is -1.69. The van der Waals surface area contributed by atoms with Crippen LogP contribution >= 0.6 is 0 Å². The van der Waals surface area contributed by atoms with E-state index in [1.165, 1.54) is 19.3 Å². The van der Waals surface area contributed by atoms with Gasteiger partial charge in [0.25, 0.3) is 0 Å². The predicted molar refractivity (Wildman–Crippen MR) is 81.7 cm³/mol. The summed E-state index contributed by atoms with van der Waals surface area (Å²) in [6, 6.07) is 1.72. The van der Waals surface area contributed by atoms with Gasteiger partial charge in [0.1, 0.15) is 0 Å². The molecule has 1 spiro atoms. The molecule has 1 aliphatic heterocycles. The first-order chi connectivity index (χ1) is 10.1. The van der Waals surface area contributed by atoms with Gasteiger partial charge < -0.3 is 10.2 Å². The van der Waals surface area contributed by atoms with Gasteiger partial charge in [-0.2, -0.15) is 0 Å². The minimum atomic E-state index is -0.282. The monoisotopic (exact) mass is 290 g/mol. The molecule has 0 atom stereocenters. The van der Waals surface area contributed by atoms with E-state index in [1.807, 2.05) is 0 Å². The maximum Gasteiger partial charge on any atom is 0.314 e. The molecule has 2 fully saturated rings. The lowest BCUT2D eigenvalue weighted by Gasteiger charge is -2.50. The summed E-state index contributed by atoms with van der Waals surface area (Å²) in [5, 5.41) is 14.9. The maximum atomic E-state index is 11.5. The number of piperazine rings is 1. The molecule has 0 radical (unpaired) electrons. The van der Waals surface area contributed by atoms with Crippen molar-refractivity contribution in [2.24, 2.45) is 0 Å². The van der Waals surface area contributed by atoms with E-state index >= 15 is 0 Å². The standard InChI is InChI=1S/C15H22N4O2/c1-12-5-8-17-14(13(12)19(20)21)18-10-9-16-11-15(18)6-3-2-4-7-15/h5,8,16H,2-4,6-7,9-11H2,1H3. The van der Waals surface area contributed by atoms with Crippen molar-refractivity contribution in [2.75, 3.05) is 24.5 Å². The second-order valence-corrected chi connectivity index (χ2v) is 6.17. The lowest BCUT2D eigenvalue weighted by Crippen LogP contribution is -2.62. The quantitative estimate of drug-likeness (QED) is 0.669. The van der Waals surface area contributed by atoms with E-state index in [2.05, 4.69) is 15.2 Å². The van der Waals surface area contributed by atoms with Gasteiger partial charge >= 0.3 is 5.69 Å². The highest BCUT2D eigenvalue weighted by Gasteiger charge is 2.42. The SMILES string of the molecule is Cc1ccnc(N2CCNCC23CCCCC3)c1[N+](=O)[O-]. The highest BCUT2D eigenvalue weighted by Crippen LogP contribution is 2.40. The fourth-order valence-electron chi connectivity index (χ4n) is 3.79. The Morgan fingerprint density at radius 1 is 1.38 bits per heavy atom. The van der Waals surface area contributed by atoms with Gasteiger partial charge in [0.05, 0.1) is 10.5 Å². The average molecular weight is 290 g/mol. The minimum Gasteiger partial charge on any atom is -0.343 e. The summed E-state index contributed by atoms with van der Waals surface area (Å²) in [5.41, 5.74) is 0.862. The second-order valence-electron chi connectivity index (χ2n) is 6.17. The number of pyridine rings is 1. The summed E-state index contributed by atoms with van der Waals surface area (Å²) >= 11 is 0. The summed E-state index contributed by atoms with van der Waals surface area (Å²) in [4.78, 5) is 17.8. The van der Waals surface area contributed by atoms with Crippen LogP contribution in [0.4, 0.5) is 11.5 Å². The number of aryl methyl sites for hydroxylation is 1. The zero-order valence-electron chi connectivity index (χ0n) is 12.5. The first-order valence-electron chi connectivity index (χ1n) is 7.72.